The second-order valence-corrected chi connectivity index (χ2v) is 18.7. The van der Waals surface area contributed by atoms with Crippen molar-refractivity contribution in [3.63, 3.8) is 0 Å². The molecule has 13 aromatic rings. The molecule has 3 nitrogen and oxygen atoms in total. The summed E-state index contributed by atoms with van der Waals surface area (Å²) in [6, 6.07) is 93.5. The first kappa shape index (κ1) is 38.9. The first-order chi connectivity index (χ1) is 34.8. The molecule has 0 atom stereocenters. The van der Waals surface area contributed by atoms with Gasteiger partial charge in [0.15, 0.2) is 0 Å². The molecule has 70 heavy (non-hydrogen) atoms. The van der Waals surface area contributed by atoms with Gasteiger partial charge in [-0.2, -0.15) is 0 Å². The highest BCUT2D eigenvalue weighted by Gasteiger charge is 2.50. The third kappa shape index (κ3) is 5.34. The van der Waals surface area contributed by atoms with Crippen LogP contribution in [0.5, 0.6) is 0 Å². The molecule has 2 aliphatic rings. The Morgan fingerprint density at radius 3 is 1.70 bits per heavy atom. The minimum Gasteiger partial charge on any atom is -0.455 e. The number of anilines is 3. The number of fused-ring (bicyclic) bond motifs is 15. The van der Waals surface area contributed by atoms with E-state index in [0.29, 0.717) is 0 Å². The molecular weight excluding hydrogens is 849 g/mol. The topological polar surface area (TPSA) is 21.3 Å². The predicted molar refractivity (Wildman–Crippen MR) is 290 cm³/mol. The van der Waals surface area contributed by atoms with Crippen molar-refractivity contribution >= 4 is 60.8 Å². The van der Waals surface area contributed by atoms with Crippen LogP contribution in [-0.2, 0) is 5.41 Å². The molecule has 0 N–H and O–H groups in total. The van der Waals surface area contributed by atoms with Gasteiger partial charge in [0.2, 0.25) is 0 Å². The SMILES string of the molecule is c1ccc(-c2ccccc2-c2ccccc2N(c2ccc(-c3cccc4c3oc3ccccc34)cc2)c2ccc3c(c2)c2cccc4c2n3-c2ccccc2C42c3ccccc3-c3ccccc32)cc1. The summed E-state index contributed by atoms with van der Waals surface area (Å²) in [5.41, 5.74) is 23.0. The maximum Gasteiger partial charge on any atom is 0.143 e. The predicted octanol–water partition coefficient (Wildman–Crippen LogP) is 17.8. The van der Waals surface area contributed by atoms with Crippen molar-refractivity contribution in [1.29, 1.82) is 0 Å². The van der Waals surface area contributed by atoms with Gasteiger partial charge < -0.3 is 13.9 Å². The van der Waals surface area contributed by atoms with Gasteiger partial charge >= 0.3 is 0 Å². The highest BCUT2D eigenvalue weighted by atomic mass is 16.3. The Labute approximate surface area is 405 Å². The molecule has 0 unspecified atom stereocenters. The van der Waals surface area contributed by atoms with Crippen LogP contribution >= 0.6 is 0 Å². The highest BCUT2D eigenvalue weighted by Crippen LogP contribution is 2.61. The van der Waals surface area contributed by atoms with Gasteiger partial charge in [0.1, 0.15) is 11.2 Å². The molecule has 0 fully saturated rings. The summed E-state index contributed by atoms with van der Waals surface area (Å²) in [4.78, 5) is 2.45. The number of hydrogen-bond acceptors (Lipinski definition) is 2. The lowest BCUT2D eigenvalue weighted by Gasteiger charge is -2.39. The molecule has 1 aliphatic heterocycles. The zero-order chi connectivity index (χ0) is 45.9. The van der Waals surface area contributed by atoms with Gasteiger partial charge in [-0.3, -0.25) is 0 Å². The summed E-state index contributed by atoms with van der Waals surface area (Å²) in [6.07, 6.45) is 0. The second-order valence-electron chi connectivity index (χ2n) is 18.7. The fourth-order valence-electron chi connectivity index (χ4n) is 12.4. The van der Waals surface area contributed by atoms with Crippen molar-refractivity contribution < 1.29 is 4.42 Å². The van der Waals surface area contributed by atoms with Crippen LogP contribution in [0, 0.1) is 0 Å². The fraction of sp³-hybridized carbons (Fsp3) is 0.0149. The summed E-state index contributed by atoms with van der Waals surface area (Å²) < 4.78 is 9.08. The zero-order valence-corrected chi connectivity index (χ0v) is 38.1. The quantitative estimate of drug-likeness (QED) is 0.166. The average Bonchev–Trinajstić information content (AvgIpc) is 4.08. The van der Waals surface area contributed by atoms with Gasteiger partial charge in [0.05, 0.1) is 27.8 Å². The van der Waals surface area contributed by atoms with Crippen LogP contribution in [0.3, 0.4) is 0 Å². The summed E-state index contributed by atoms with van der Waals surface area (Å²) in [6.45, 7) is 0. The van der Waals surface area contributed by atoms with Crippen molar-refractivity contribution in [3.8, 4) is 50.2 Å². The van der Waals surface area contributed by atoms with E-state index in [-0.39, 0.29) is 0 Å². The maximum absolute atomic E-state index is 6.54. The molecule has 326 valence electrons. The fourth-order valence-corrected chi connectivity index (χ4v) is 12.4. The molecule has 1 aliphatic carbocycles. The number of furan rings is 1. The Kier molecular flexibility index (Phi) is 8.28. The first-order valence-corrected chi connectivity index (χ1v) is 24.2. The van der Waals surface area contributed by atoms with Crippen LogP contribution in [0.4, 0.5) is 17.1 Å². The van der Waals surface area contributed by atoms with Crippen LogP contribution in [0.15, 0.2) is 259 Å². The van der Waals surface area contributed by atoms with Crippen LogP contribution in [0.2, 0.25) is 0 Å². The largest absolute Gasteiger partial charge is 0.455 e. The van der Waals surface area contributed by atoms with Gasteiger partial charge in [-0.05, 0) is 104 Å². The lowest BCUT2D eigenvalue weighted by atomic mass is 9.65. The molecule has 15 rings (SSSR count). The van der Waals surface area contributed by atoms with Gasteiger partial charge in [0, 0.05) is 44.0 Å². The van der Waals surface area contributed by atoms with Gasteiger partial charge in [-0.25, -0.2) is 0 Å². The molecule has 1 spiro atoms. The van der Waals surface area contributed by atoms with E-state index in [1.807, 2.05) is 6.07 Å². The van der Waals surface area contributed by atoms with Gasteiger partial charge in [-0.1, -0.05) is 206 Å². The molecule has 2 aromatic heterocycles. The third-order valence-corrected chi connectivity index (χ3v) is 15.2. The summed E-state index contributed by atoms with van der Waals surface area (Å²) in [5.74, 6) is 0. The lowest BCUT2D eigenvalue weighted by Crippen LogP contribution is -2.33. The number of rotatable bonds is 6. The van der Waals surface area contributed by atoms with E-state index in [0.717, 1.165) is 55.7 Å². The van der Waals surface area contributed by atoms with E-state index >= 15 is 0 Å². The Morgan fingerprint density at radius 1 is 0.343 bits per heavy atom. The first-order valence-electron chi connectivity index (χ1n) is 24.2. The number of benzene rings is 11. The molecule has 0 saturated heterocycles. The number of hydrogen-bond donors (Lipinski definition) is 0. The molecule has 11 aromatic carbocycles. The van der Waals surface area contributed by atoms with Gasteiger partial charge in [0.25, 0.3) is 0 Å². The van der Waals surface area contributed by atoms with Crippen molar-refractivity contribution in [2.24, 2.45) is 0 Å². The van der Waals surface area contributed by atoms with E-state index in [4.69, 9.17) is 4.42 Å². The van der Waals surface area contributed by atoms with E-state index < -0.39 is 5.41 Å². The van der Waals surface area contributed by atoms with Crippen molar-refractivity contribution in [3.05, 3.63) is 277 Å². The normalized spacial score (nSPS) is 13.0. The van der Waals surface area contributed by atoms with Crippen LogP contribution in [-0.4, -0.2) is 4.57 Å². The van der Waals surface area contributed by atoms with E-state index in [1.165, 1.54) is 77.6 Å². The monoisotopic (exact) mass is 890 g/mol. The Bertz CT molecular complexity index is 4200. The second kappa shape index (κ2) is 14.9. The van der Waals surface area contributed by atoms with E-state index in [9.17, 15) is 0 Å². The summed E-state index contributed by atoms with van der Waals surface area (Å²) >= 11 is 0. The molecule has 0 amide bonds. The highest BCUT2D eigenvalue weighted by molar-refractivity contribution is 6.14. The summed E-state index contributed by atoms with van der Waals surface area (Å²) in [5, 5.41) is 4.70. The minimum absolute atomic E-state index is 0.470. The third-order valence-electron chi connectivity index (χ3n) is 15.2. The lowest BCUT2D eigenvalue weighted by molar-refractivity contribution is 0.670. The van der Waals surface area contributed by atoms with Gasteiger partial charge in [-0.15, -0.1) is 0 Å². The average molecular weight is 891 g/mol. The number of aromatic nitrogens is 1. The molecule has 3 heterocycles. The van der Waals surface area contributed by atoms with Crippen molar-refractivity contribution in [2.45, 2.75) is 5.41 Å². The van der Waals surface area contributed by atoms with Crippen LogP contribution in [0.25, 0.3) is 93.9 Å². The van der Waals surface area contributed by atoms with Crippen LogP contribution in [0.1, 0.15) is 22.3 Å². The Balaban J connectivity index is 0.968. The smallest absolute Gasteiger partial charge is 0.143 e. The molecule has 0 bridgehead atoms. The number of nitrogens with zero attached hydrogens (tertiary/aromatic N) is 2. The standard InChI is InChI=1S/C67H42N2O/c1-2-18-43(19-3-1)47-20-4-5-21-49(47)52-24-8-13-33-61(52)68(45-38-36-44(37-39-45)48-26-16-28-55-53-25-9-15-35-64(53)70-66(48)55)46-40-41-62-56(42-46)54-27-17-32-60-65(54)69(62)63-34-14-12-31-59(63)67(60)57-29-10-6-22-50(57)51-23-7-11-30-58(51)67/h1-42H. The maximum atomic E-state index is 6.54. The minimum atomic E-state index is -0.470. The van der Waals surface area contributed by atoms with E-state index in [2.05, 4.69) is 258 Å². The van der Waals surface area contributed by atoms with Crippen LogP contribution < -0.4 is 4.90 Å². The molecular formula is C67H42N2O. The van der Waals surface area contributed by atoms with Crippen molar-refractivity contribution in [1.82, 2.24) is 4.57 Å². The zero-order valence-electron chi connectivity index (χ0n) is 38.1. The number of para-hydroxylation sites is 5. The molecule has 0 radical (unpaired) electrons. The summed E-state index contributed by atoms with van der Waals surface area (Å²) in [7, 11) is 0. The Hall–Kier alpha value is -9.18. The van der Waals surface area contributed by atoms with Crippen molar-refractivity contribution in [2.75, 3.05) is 4.90 Å². The molecule has 0 saturated carbocycles. The van der Waals surface area contributed by atoms with E-state index in [1.54, 1.807) is 0 Å². The molecule has 3 heteroatoms. The Morgan fingerprint density at radius 2 is 0.900 bits per heavy atom.